The van der Waals surface area contributed by atoms with Crippen LogP contribution in [-0.4, -0.2) is 18.5 Å². The number of Topliss-reactive ketones (excluding diaryl/α,β-unsaturated/α-hetero) is 1. The van der Waals surface area contributed by atoms with E-state index in [4.69, 9.17) is 4.74 Å². The highest BCUT2D eigenvalue weighted by atomic mass is 16.5. The minimum Gasteiger partial charge on any atom is -0.370 e. The second-order valence-electron chi connectivity index (χ2n) is 4.57. The van der Waals surface area contributed by atoms with E-state index in [0.29, 0.717) is 13.0 Å². The molecule has 2 heteroatoms. The molecule has 0 aromatic heterocycles. The first-order valence-corrected chi connectivity index (χ1v) is 6.33. The van der Waals surface area contributed by atoms with Crippen LogP contribution in [0.25, 0.3) is 0 Å². The van der Waals surface area contributed by atoms with Crippen molar-refractivity contribution in [2.24, 2.45) is 5.92 Å². The lowest BCUT2D eigenvalue weighted by Crippen LogP contribution is -2.30. The van der Waals surface area contributed by atoms with Crippen molar-refractivity contribution < 1.29 is 9.53 Å². The molecule has 0 amide bonds. The first-order valence-electron chi connectivity index (χ1n) is 6.33. The number of hydrogen-bond acceptors (Lipinski definition) is 2. The lowest BCUT2D eigenvalue weighted by atomic mass is 9.98. The fourth-order valence-electron chi connectivity index (χ4n) is 1.89. The summed E-state index contributed by atoms with van der Waals surface area (Å²) in [6, 6.07) is 10.1. The van der Waals surface area contributed by atoms with Crippen molar-refractivity contribution in [3.8, 4) is 0 Å². The summed E-state index contributed by atoms with van der Waals surface area (Å²) in [5.74, 6) is 0.462. The van der Waals surface area contributed by atoms with Crippen LogP contribution in [0.1, 0.15) is 32.8 Å². The third-order valence-electron chi connectivity index (χ3n) is 2.77. The van der Waals surface area contributed by atoms with E-state index in [0.717, 1.165) is 6.42 Å². The number of hydrogen-bond donors (Lipinski definition) is 0. The van der Waals surface area contributed by atoms with E-state index in [-0.39, 0.29) is 17.8 Å². The molecule has 1 aromatic carbocycles. The van der Waals surface area contributed by atoms with Gasteiger partial charge in [-0.2, -0.15) is 0 Å². The fourth-order valence-corrected chi connectivity index (χ4v) is 1.89. The van der Waals surface area contributed by atoms with Gasteiger partial charge >= 0.3 is 0 Å². The highest BCUT2D eigenvalue weighted by Gasteiger charge is 2.21. The van der Waals surface area contributed by atoms with Crippen molar-refractivity contribution in [3.63, 3.8) is 0 Å². The first kappa shape index (κ1) is 13.9. The molecule has 0 heterocycles. The molecule has 1 atom stereocenters. The zero-order valence-electron chi connectivity index (χ0n) is 11.0. The van der Waals surface area contributed by atoms with Crippen molar-refractivity contribution in [1.29, 1.82) is 0 Å². The molecule has 0 aliphatic carbocycles. The van der Waals surface area contributed by atoms with E-state index in [1.54, 1.807) is 0 Å². The maximum Gasteiger partial charge on any atom is 0.162 e. The quantitative estimate of drug-likeness (QED) is 0.724. The average Bonchev–Trinajstić information content (AvgIpc) is 2.34. The van der Waals surface area contributed by atoms with Crippen molar-refractivity contribution in [2.75, 3.05) is 6.61 Å². The van der Waals surface area contributed by atoms with Crippen LogP contribution in [0.2, 0.25) is 0 Å². The Bertz CT molecular complexity index is 330. The van der Waals surface area contributed by atoms with Gasteiger partial charge in [0.1, 0.15) is 6.10 Å². The Hall–Kier alpha value is -1.15. The molecule has 1 aromatic rings. The van der Waals surface area contributed by atoms with Crippen LogP contribution in [0.15, 0.2) is 30.3 Å². The summed E-state index contributed by atoms with van der Waals surface area (Å²) in [6.07, 6.45) is 1.12. The zero-order chi connectivity index (χ0) is 12.7. The largest absolute Gasteiger partial charge is 0.370 e. The number of ketones is 1. The summed E-state index contributed by atoms with van der Waals surface area (Å²) in [6.45, 7) is 6.58. The SMILES string of the molecule is CCOC(C(=O)CCc1ccccc1)C(C)C. The molecule has 0 aliphatic rings. The lowest BCUT2D eigenvalue weighted by molar-refractivity contribution is -0.133. The molecule has 0 fully saturated rings. The van der Waals surface area contributed by atoms with Gasteiger partial charge in [-0.05, 0) is 24.8 Å². The Kier molecular flexibility index (Phi) is 5.92. The van der Waals surface area contributed by atoms with Gasteiger partial charge in [0.2, 0.25) is 0 Å². The predicted octanol–water partition coefficient (Wildman–Crippen LogP) is 3.25. The summed E-state index contributed by atoms with van der Waals surface area (Å²) < 4.78 is 5.50. The standard InChI is InChI=1S/C15H22O2/c1-4-17-15(12(2)3)14(16)11-10-13-8-6-5-7-9-13/h5-9,12,15H,4,10-11H2,1-3H3. The molecule has 1 unspecified atom stereocenters. The smallest absolute Gasteiger partial charge is 0.162 e. The fraction of sp³-hybridized carbons (Fsp3) is 0.533. The Morgan fingerprint density at radius 1 is 1.24 bits per heavy atom. The highest BCUT2D eigenvalue weighted by molar-refractivity contribution is 5.83. The molecule has 0 radical (unpaired) electrons. The van der Waals surface area contributed by atoms with Crippen LogP contribution < -0.4 is 0 Å². The van der Waals surface area contributed by atoms with E-state index in [2.05, 4.69) is 12.1 Å². The molecule has 0 bridgehead atoms. The second kappa shape index (κ2) is 7.23. The van der Waals surface area contributed by atoms with Gasteiger partial charge in [0.05, 0.1) is 0 Å². The van der Waals surface area contributed by atoms with Gasteiger partial charge in [-0.3, -0.25) is 4.79 Å². The number of carbonyl (C=O) groups excluding carboxylic acids is 1. The van der Waals surface area contributed by atoms with Gasteiger partial charge in [-0.15, -0.1) is 0 Å². The molecule has 0 aliphatic heterocycles. The summed E-state index contributed by atoms with van der Waals surface area (Å²) in [5, 5.41) is 0. The van der Waals surface area contributed by atoms with Crippen LogP contribution in [0.4, 0.5) is 0 Å². The van der Waals surface area contributed by atoms with E-state index < -0.39 is 0 Å². The molecular weight excluding hydrogens is 212 g/mol. The van der Waals surface area contributed by atoms with Crippen molar-refractivity contribution in [2.45, 2.75) is 39.7 Å². The van der Waals surface area contributed by atoms with Gasteiger partial charge in [0.25, 0.3) is 0 Å². The third kappa shape index (κ3) is 4.70. The molecule has 0 N–H and O–H groups in total. The van der Waals surface area contributed by atoms with Crippen molar-refractivity contribution in [3.05, 3.63) is 35.9 Å². The zero-order valence-corrected chi connectivity index (χ0v) is 11.0. The number of carbonyl (C=O) groups is 1. The van der Waals surface area contributed by atoms with Gasteiger partial charge in [-0.1, -0.05) is 44.2 Å². The number of benzene rings is 1. The van der Waals surface area contributed by atoms with Crippen molar-refractivity contribution >= 4 is 5.78 Å². The molecule has 0 saturated heterocycles. The third-order valence-corrected chi connectivity index (χ3v) is 2.77. The van der Waals surface area contributed by atoms with Gasteiger partial charge < -0.3 is 4.74 Å². The second-order valence-corrected chi connectivity index (χ2v) is 4.57. The number of ether oxygens (including phenoxy) is 1. The number of rotatable bonds is 7. The van der Waals surface area contributed by atoms with E-state index in [1.165, 1.54) is 5.56 Å². The van der Waals surface area contributed by atoms with Crippen LogP contribution in [0.3, 0.4) is 0 Å². The summed E-state index contributed by atoms with van der Waals surface area (Å²) in [5.41, 5.74) is 1.21. The minimum absolute atomic E-state index is 0.214. The predicted molar refractivity (Wildman–Crippen MR) is 70.0 cm³/mol. The Labute approximate surface area is 104 Å². The van der Waals surface area contributed by atoms with Gasteiger partial charge in [0, 0.05) is 13.0 Å². The maximum absolute atomic E-state index is 12.0. The summed E-state index contributed by atoms with van der Waals surface area (Å²) in [7, 11) is 0. The maximum atomic E-state index is 12.0. The Balaban J connectivity index is 2.47. The minimum atomic E-state index is -0.247. The van der Waals surface area contributed by atoms with Crippen LogP contribution in [0.5, 0.6) is 0 Å². The molecule has 0 spiro atoms. The Morgan fingerprint density at radius 2 is 1.88 bits per heavy atom. The summed E-state index contributed by atoms with van der Waals surface area (Å²) >= 11 is 0. The van der Waals surface area contributed by atoms with Gasteiger partial charge in [0.15, 0.2) is 5.78 Å². The first-order chi connectivity index (χ1) is 8.15. The number of aryl methyl sites for hydroxylation is 1. The lowest BCUT2D eigenvalue weighted by Gasteiger charge is -2.19. The highest BCUT2D eigenvalue weighted by Crippen LogP contribution is 2.12. The van der Waals surface area contributed by atoms with Crippen LogP contribution >= 0.6 is 0 Å². The van der Waals surface area contributed by atoms with Crippen LogP contribution in [0, 0.1) is 5.92 Å². The van der Waals surface area contributed by atoms with E-state index in [9.17, 15) is 4.79 Å². The Morgan fingerprint density at radius 3 is 2.41 bits per heavy atom. The molecule has 1 rings (SSSR count). The topological polar surface area (TPSA) is 26.3 Å². The monoisotopic (exact) mass is 234 g/mol. The van der Waals surface area contributed by atoms with E-state index in [1.807, 2.05) is 39.0 Å². The molecule has 94 valence electrons. The average molecular weight is 234 g/mol. The molecule has 2 nitrogen and oxygen atoms in total. The van der Waals surface area contributed by atoms with Gasteiger partial charge in [-0.25, -0.2) is 0 Å². The van der Waals surface area contributed by atoms with Crippen molar-refractivity contribution in [1.82, 2.24) is 0 Å². The molecule has 17 heavy (non-hydrogen) atoms. The molecule has 0 saturated carbocycles. The summed E-state index contributed by atoms with van der Waals surface area (Å²) in [4.78, 5) is 12.0. The van der Waals surface area contributed by atoms with E-state index >= 15 is 0 Å². The van der Waals surface area contributed by atoms with Crippen LogP contribution in [-0.2, 0) is 16.0 Å². The normalized spacial score (nSPS) is 12.7. The molecular formula is C15H22O2.